The molecule has 1 amide bonds. The zero-order valence-electron chi connectivity index (χ0n) is 11.7. The van der Waals surface area contributed by atoms with Gasteiger partial charge >= 0.3 is 12.1 Å². The van der Waals surface area contributed by atoms with Crippen molar-refractivity contribution in [1.82, 2.24) is 5.32 Å². The van der Waals surface area contributed by atoms with E-state index in [1.165, 1.54) is 6.08 Å². The minimum absolute atomic E-state index is 0.0818. The second-order valence-electron chi connectivity index (χ2n) is 4.47. The molecule has 0 bridgehead atoms. The number of carbonyl (C=O) groups excluding carboxylic acids is 1. The van der Waals surface area contributed by atoms with Crippen LogP contribution in [0, 0.1) is 13.8 Å². The molecule has 0 aliphatic carbocycles. The smallest absolute Gasteiger partial charge is 0.407 e. The fraction of sp³-hybridized carbons (Fsp3) is 0.333. The molecule has 1 atom stereocenters. The Morgan fingerprint density at radius 2 is 2.15 bits per heavy atom. The van der Waals surface area contributed by atoms with Gasteiger partial charge in [0.15, 0.2) is 0 Å². The summed E-state index contributed by atoms with van der Waals surface area (Å²) >= 11 is 0. The van der Waals surface area contributed by atoms with Gasteiger partial charge in [-0.05, 0) is 30.5 Å². The summed E-state index contributed by atoms with van der Waals surface area (Å²) in [6.07, 6.45) is 0.592. The van der Waals surface area contributed by atoms with Crippen molar-refractivity contribution in [3.63, 3.8) is 0 Å². The lowest BCUT2D eigenvalue weighted by Gasteiger charge is -2.20. The lowest BCUT2D eigenvalue weighted by atomic mass is 9.95. The van der Waals surface area contributed by atoms with E-state index in [9.17, 15) is 9.59 Å². The summed E-state index contributed by atoms with van der Waals surface area (Å²) in [6, 6.07) is 4.96. The summed E-state index contributed by atoms with van der Waals surface area (Å²) in [7, 11) is 0. The molecule has 1 rings (SSSR count). The van der Waals surface area contributed by atoms with E-state index in [0.29, 0.717) is 0 Å². The van der Waals surface area contributed by atoms with Crippen LogP contribution in [0.3, 0.4) is 0 Å². The van der Waals surface area contributed by atoms with Gasteiger partial charge < -0.3 is 15.2 Å². The summed E-state index contributed by atoms with van der Waals surface area (Å²) < 4.78 is 4.83. The largest absolute Gasteiger partial charge is 0.481 e. The van der Waals surface area contributed by atoms with Crippen molar-refractivity contribution >= 4 is 12.1 Å². The first-order valence-electron chi connectivity index (χ1n) is 6.27. The predicted octanol–water partition coefficient (Wildman–Crippen LogP) is 2.73. The molecule has 0 unspecified atom stereocenters. The number of hydrogen-bond donors (Lipinski definition) is 2. The van der Waals surface area contributed by atoms with Gasteiger partial charge in [0.25, 0.3) is 0 Å². The number of nitrogens with one attached hydrogen (secondary N) is 1. The highest BCUT2D eigenvalue weighted by Crippen LogP contribution is 2.23. The highest BCUT2D eigenvalue weighted by molar-refractivity contribution is 5.72. The highest BCUT2D eigenvalue weighted by Gasteiger charge is 2.20. The first-order valence-corrected chi connectivity index (χ1v) is 6.27. The Hall–Kier alpha value is -2.30. The number of rotatable bonds is 6. The first-order chi connectivity index (χ1) is 9.45. The minimum atomic E-state index is -0.986. The van der Waals surface area contributed by atoms with Crippen molar-refractivity contribution in [3.8, 4) is 0 Å². The molecule has 20 heavy (non-hydrogen) atoms. The monoisotopic (exact) mass is 277 g/mol. The number of aryl methyl sites for hydroxylation is 1. The molecule has 1 aromatic carbocycles. The average molecular weight is 277 g/mol. The topological polar surface area (TPSA) is 75.6 Å². The molecule has 0 aromatic heterocycles. The number of carboxylic acids is 1. The number of ether oxygens (including phenoxy) is 1. The maximum atomic E-state index is 11.6. The van der Waals surface area contributed by atoms with Gasteiger partial charge in [-0.2, -0.15) is 0 Å². The van der Waals surface area contributed by atoms with E-state index in [1.807, 2.05) is 32.0 Å². The zero-order chi connectivity index (χ0) is 15.1. The Bertz CT molecular complexity index is 511. The maximum absolute atomic E-state index is 11.6. The van der Waals surface area contributed by atoms with Crippen molar-refractivity contribution < 1.29 is 19.4 Å². The van der Waals surface area contributed by atoms with Crippen LogP contribution in [0.25, 0.3) is 0 Å². The number of amides is 1. The second-order valence-corrected chi connectivity index (χ2v) is 4.47. The van der Waals surface area contributed by atoms with Crippen LogP contribution < -0.4 is 5.32 Å². The fourth-order valence-electron chi connectivity index (χ4n) is 1.88. The normalized spacial score (nSPS) is 11.5. The van der Waals surface area contributed by atoms with Crippen molar-refractivity contribution in [1.29, 1.82) is 0 Å². The molecular formula is C15H19NO4. The van der Waals surface area contributed by atoms with Crippen LogP contribution in [0.4, 0.5) is 4.79 Å². The van der Waals surface area contributed by atoms with E-state index in [-0.39, 0.29) is 13.0 Å². The Labute approximate surface area is 118 Å². The number of benzene rings is 1. The van der Waals surface area contributed by atoms with Crippen molar-refractivity contribution in [2.45, 2.75) is 26.3 Å². The van der Waals surface area contributed by atoms with Gasteiger partial charge in [-0.1, -0.05) is 30.9 Å². The molecule has 0 radical (unpaired) electrons. The molecular weight excluding hydrogens is 258 g/mol. The van der Waals surface area contributed by atoms with E-state index in [2.05, 4.69) is 11.9 Å². The molecule has 0 aliphatic rings. The summed E-state index contributed by atoms with van der Waals surface area (Å²) in [5.74, 6) is -0.986. The zero-order valence-corrected chi connectivity index (χ0v) is 11.7. The average Bonchev–Trinajstić information content (AvgIpc) is 2.38. The van der Waals surface area contributed by atoms with E-state index in [4.69, 9.17) is 9.84 Å². The molecule has 108 valence electrons. The van der Waals surface area contributed by atoms with E-state index >= 15 is 0 Å². The standard InChI is InChI=1S/C15H19NO4/c1-4-8-20-15(19)16-13(9-14(17)18)12-7-5-6-10(2)11(12)3/h4-7,13H,1,8-9H2,2-3H3,(H,16,19)(H,17,18)/t13-/m1/s1. The number of aliphatic carboxylic acids is 1. The molecule has 0 fully saturated rings. The van der Waals surface area contributed by atoms with Gasteiger partial charge in [-0.3, -0.25) is 4.79 Å². The van der Waals surface area contributed by atoms with Gasteiger partial charge in [0.2, 0.25) is 0 Å². The second kappa shape index (κ2) is 7.33. The van der Waals surface area contributed by atoms with Crippen LogP contribution in [0.1, 0.15) is 29.2 Å². The third-order valence-corrected chi connectivity index (χ3v) is 3.03. The van der Waals surface area contributed by atoms with E-state index in [0.717, 1.165) is 16.7 Å². The van der Waals surface area contributed by atoms with Crippen LogP contribution in [0.15, 0.2) is 30.9 Å². The number of carboxylic acid groups (broad SMARTS) is 1. The number of alkyl carbamates (subject to hydrolysis) is 1. The first kappa shape index (κ1) is 15.8. The molecule has 0 saturated heterocycles. The molecule has 1 aromatic rings. The van der Waals surface area contributed by atoms with Gasteiger partial charge in [-0.25, -0.2) is 4.79 Å². The Morgan fingerprint density at radius 3 is 2.75 bits per heavy atom. The summed E-state index contributed by atoms with van der Waals surface area (Å²) in [5, 5.41) is 11.6. The Balaban J connectivity index is 2.94. The van der Waals surface area contributed by atoms with Gasteiger partial charge in [0.1, 0.15) is 6.61 Å². The van der Waals surface area contributed by atoms with Crippen LogP contribution in [0.5, 0.6) is 0 Å². The minimum Gasteiger partial charge on any atom is -0.481 e. The van der Waals surface area contributed by atoms with E-state index in [1.54, 1.807) is 0 Å². The summed E-state index contributed by atoms with van der Waals surface area (Å²) in [4.78, 5) is 22.6. The molecule has 0 saturated carbocycles. The highest BCUT2D eigenvalue weighted by atomic mass is 16.5. The third-order valence-electron chi connectivity index (χ3n) is 3.03. The number of hydrogen-bond acceptors (Lipinski definition) is 3. The van der Waals surface area contributed by atoms with Crippen LogP contribution in [-0.4, -0.2) is 23.8 Å². The van der Waals surface area contributed by atoms with Crippen molar-refractivity contribution in [2.75, 3.05) is 6.61 Å². The Kier molecular flexibility index (Phi) is 5.77. The lowest BCUT2D eigenvalue weighted by Crippen LogP contribution is -2.31. The molecule has 5 nitrogen and oxygen atoms in total. The van der Waals surface area contributed by atoms with Crippen molar-refractivity contribution in [2.24, 2.45) is 0 Å². The lowest BCUT2D eigenvalue weighted by molar-refractivity contribution is -0.137. The van der Waals surface area contributed by atoms with Gasteiger partial charge in [0, 0.05) is 0 Å². The summed E-state index contributed by atoms with van der Waals surface area (Å²) in [5.41, 5.74) is 2.78. The van der Waals surface area contributed by atoms with Gasteiger partial charge in [-0.15, -0.1) is 0 Å². The molecule has 0 heterocycles. The molecule has 5 heteroatoms. The molecule has 0 aliphatic heterocycles. The van der Waals surface area contributed by atoms with Crippen LogP contribution >= 0.6 is 0 Å². The molecule has 0 spiro atoms. The van der Waals surface area contributed by atoms with Crippen LogP contribution in [0.2, 0.25) is 0 Å². The molecule has 2 N–H and O–H groups in total. The quantitative estimate of drug-likeness (QED) is 0.784. The Morgan fingerprint density at radius 1 is 1.45 bits per heavy atom. The van der Waals surface area contributed by atoms with Gasteiger partial charge in [0.05, 0.1) is 12.5 Å². The fourth-order valence-corrected chi connectivity index (χ4v) is 1.88. The summed E-state index contributed by atoms with van der Waals surface area (Å²) in [6.45, 7) is 7.36. The maximum Gasteiger partial charge on any atom is 0.407 e. The van der Waals surface area contributed by atoms with E-state index < -0.39 is 18.1 Å². The third kappa shape index (κ3) is 4.42. The SMILES string of the molecule is C=CCOC(=O)N[C@H](CC(=O)O)c1cccc(C)c1C. The van der Waals surface area contributed by atoms with Crippen LogP contribution in [-0.2, 0) is 9.53 Å². The van der Waals surface area contributed by atoms with Crippen molar-refractivity contribution in [3.05, 3.63) is 47.5 Å². The predicted molar refractivity (Wildman–Crippen MR) is 75.6 cm³/mol. The number of carbonyl (C=O) groups is 2.